The Kier molecular flexibility index (Phi) is 5.62. The lowest BCUT2D eigenvalue weighted by atomic mass is 9.92. The summed E-state index contributed by atoms with van der Waals surface area (Å²) in [5.74, 6) is 0.126. The van der Waals surface area contributed by atoms with Crippen LogP contribution in [0, 0.1) is 0 Å². The molecule has 0 saturated carbocycles. The maximum absolute atomic E-state index is 12.7. The Morgan fingerprint density at radius 1 is 1.32 bits per heavy atom. The summed E-state index contributed by atoms with van der Waals surface area (Å²) in [5, 5.41) is 0. The molecule has 22 heavy (non-hydrogen) atoms. The molecular weight excluding hydrogens is 298 g/mol. The summed E-state index contributed by atoms with van der Waals surface area (Å²) in [5.41, 5.74) is 2.22. The number of nitrogens with zero attached hydrogens (tertiary/aromatic N) is 1. The number of hydrogen-bond donors (Lipinski definition) is 0. The van der Waals surface area contributed by atoms with Gasteiger partial charge in [0.2, 0.25) is 5.91 Å². The summed E-state index contributed by atoms with van der Waals surface area (Å²) < 4.78 is 22.5. The van der Waals surface area contributed by atoms with Gasteiger partial charge in [-0.15, -0.1) is 0 Å². The minimum Gasteiger partial charge on any atom is -0.309 e. The molecule has 0 radical (unpaired) electrons. The van der Waals surface area contributed by atoms with Gasteiger partial charge in [-0.1, -0.05) is 31.5 Å². The summed E-state index contributed by atoms with van der Waals surface area (Å²) in [6.45, 7) is 2.13. The maximum atomic E-state index is 12.7. The van der Waals surface area contributed by atoms with Crippen LogP contribution in [-0.4, -0.2) is 32.4 Å². The van der Waals surface area contributed by atoms with Gasteiger partial charge < -0.3 is 4.90 Å². The second kappa shape index (κ2) is 7.27. The molecule has 0 N–H and O–H groups in total. The molecule has 5 heteroatoms. The van der Waals surface area contributed by atoms with Gasteiger partial charge in [0.25, 0.3) is 0 Å². The summed E-state index contributed by atoms with van der Waals surface area (Å²) in [7, 11) is -3.01. The number of anilines is 1. The number of carbonyl (C=O) groups excluding carboxylic acids is 1. The Balaban J connectivity index is 2.14. The largest absolute Gasteiger partial charge is 0.309 e. The molecule has 1 aliphatic heterocycles. The molecular formula is C17H25NO3S. The van der Waals surface area contributed by atoms with Crippen molar-refractivity contribution in [1.29, 1.82) is 0 Å². The molecule has 2 rings (SSSR count). The van der Waals surface area contributed by atoms with Crippen LogP contribution in [0.25, 0.3) is 0 Å². The fraction of sp³-hybridized carbons (Fsp3) is 0.588. The number of hydrogen-bond acceptors (Lipinski definition) is 3. The molecule has 1 atom stereocenters. The third-order valence-electron chi connectivity index (χ3n) is 4.16. The molecule has 0 saturated heterocycles. The number of amides is 1. The van der Waals surface area contributed by atoms with Crippen molar-refractivity contribution in [2.24, 2.45) is 0 Å². The number of carbonyl (C=O) groups is 1. The highest BCUT2D eigenvalue weighted by Crippen LogP contribution is 2.33. The third kappa shape index (κ3) is 4.32. The molecule has 122 valence electrons. The highest BCUT2D eigenvalue weighted by Gasteiger charge is 2.29. The molecule has 1 aromatic rings. The predicted octanol–water partition coefficient (Wildman–Crippen LogP) is 2.96. The van der Waals surface area contributed by atoms with E-state index >= 15 is 0 Å². The van der Waals surface area contributed by atoms with E-state index in [9.17, 15) is 13.2 Å². The Morgan fingerprint density at radius 3 is 2.73 bits per heavy atom. The van der Waals surface area contributed by atoms with Crippen molar-refractivity contribution in [3.8, 4) is 0 Å². The summed E-state index contributed by atoms with van der Waals surface area (Å²) >= 11 is 0. The lowest BCUT2D eigenvalue weighted by Gasteiger charge is -2.37. The van der Waals surface area contributed by atoms with E-state index < -0.39 is 9.84 Å². The fourth-order valence-corrected chi connectivity index (χ4v) is 3.82. The SMILES string of the molecule is CCC[C@H]1CCc2ccccc2N1C(=O)CCCS(C)(=O)=O. The van der Waals surface area contributed by atoms with Crippen molar-refractivity contribution >= 4 is 21.4 Å². The van der Waals surface area contributed by atoms with Crippen LogP contribution in [0.3, 0.4) is 0 Å². The minimum absolute atomic E-state index is 0.0502. The second-order valence-corrected chi connectivity index (χ2v) is 8.37. The minimum atomic E-state index is -3.01. The van der Waals surface area contributed by atoms with Gasteiger partial charge in [0.05, 0.1) is 5.75 Å². The molecule has 0 fully saturated rings. The van der Waals surface area contributed by atoms with Crippen LogP contribution >= 0.6 is 0 Å². The normalized spacial score (nSPS) is 18.1. The fourth-order valence-electron chi connectivity index (χ4n) is 3.16. The summed E-state index contributed by atoms with van der Waals surface area (Å²) in [6.07, 6.45) is 5.94. The Bertz CT molecular complexity index is 625. The van der Waals surface area contributed by atoms with Crippen LogP contribution in [0.15, 0.2) is 24.3 Å². The van der Waals surface area contributed by atoms with Gasteiger partial charge in [0.15, 0.2) is 0 Å². The van der Waals surface area contributed by atoms with Crippen molar-refractivity contribution in [3.63, 3.8) is 0 Å². The summed E-state index contributed by atoms with van der Waals surface area (Å²) in [6, 6.07) is 8.29. The number of para-hydroxylation sites is 1. The first-order valence-electron chi connectivity index (χ1n) is 8.00. The lowest BCUT2D eigenvalue weighted by molar-refractivity contribution is -0.119. The standard InChI is InChI=1S/C17H25NO3S/c1-3-7-15-12-11-14-8-4-5-9-16(14)18(15)17(19)10-6-13-22(2,20)21/h4-5,8-9,15H,3,6-7,10-13H2,1-2H3/t15-/m0/s1. The number of sulfone groups is 1. The van der Waals surface area contributed by atoms with Crippen molar-refractivity contribution < 1.29 is 13.2 Å². The molecule has 1 aromatic carbocycles. The Hall–Kier alpha value is -1.36. The van der Waals surface area contributed by atoms with Gasteiger partial charge >= 0.3 is 0 Å². The molecule has 1 heterocycles. The van der Waals surface area contributed by atoms with Crippen LogP contribution in [0.5, 0.6) is 0 Å². The van der Waals surface area contributed by atoms with Gasteiger partial charge in [-0.25, -0.2) is 8.42 Å². The highest BCUT2D eigenvalue weighted by atomic mass is 32.2. The van der Waals surface area contributed by atoms with E-state index in [0.717, 1.165) is 31.4 Å². The van der Waals surface area contributed by atoms with Crippen LogP contribution in [0.2, 0.25) is 0 Å². The zero-order valence-corrected chi connectivity index (χ0v) is 14.2. The highest BCUT2D eigenvalue weighted by molar-refractivity contribution is 7.90. The van der Waals surface area contributed by atoms with Crippen molar-refractivity contribution in [2.45, 2.75) is 51.5 Å². The zero-order chi connectivity index (χ0) is 16.2. The first-order valence-corrected chi connectivity index (χ1v) is 10.1. The molecule has 0 unspecified atom stereocenters. The summed E-state index contributed by atoms with van der Waals surface area (Å²) in [4.78, 5) is 14.6. The lowest BCUT2D eigenvalue weighted by Crippen LogP contribution is -2.43. The first-order chi connectivity index (χ1) is 10.4. The molecule has 0 aliphatic carbocycles. The molecule has 4 nitrogen and oxygen atoms in total. The third-order valence-corrected chi connectivity index (χ3v) is 5.19. The van der Waals surface area contributed by atoms with Crippen molar-refractivity contribution in [1.82, 2.24) is 0 Å². The van der Waals surface area contributed by atoms with Crippen molar-refractivity contribution in [3.05, 3.63) is 29.8 Å². The molecule has 0 aromatic heterocycles. The van der Waals surface area contributed by atoms with E-state index in [1.54, 1.807) is 0 Å². The number of benzene rings is 1. The maximum Gasteiger partial charge on any atom is 0.227 e. The topological polar surface area (TPSA) is 54.5 Å². The van der Waals surface area contributed by atoms with E-state index in [-0.39, 0.29) is 17.7 Å². The van der Waals surface area contributed by atoms with E-state index in [1.165, 1.54) is 11.8 Å². The average Bonchev–Trinajstić information content (AvgIpc) is 2.45. The van der Waals surface area contributed by atoms with Gasteiger partial charge in [-0.3, -0.25) is 4.79 Å². The van der Waals surface area contributed by atoms with Crippen LogP contribution in [-0.2, 0) is 21.1 Å². The van der Waals surface area contributed by atoms with Gasteiger partial charge in [0.1, 0.15) is 9.84 Å². The number of rotatable bonds is 6. The van der Waals surface area contributed by atoms with Gasteiger partial charge in [-0.2, -0.15) is 0 Å². The second-order valence-electron chi connectivity index (χ2n) is 6.11. The van der Waals surface area contributed by atoms with Gasteiger partial charge in [-0.05, 0) is 37.3 Å². The monoisotopic (exact) mass is 323 g/mol. The number of aryl methyl sites for hydroxylation is 1. The van der Waals surface area contributed by atoms with Crippen LogP contribution < -0.4 is 4.90 Å². The number of fused-ring (bicyclic) bond motifs is 1. The Labute approximate surface area is 133 Å². The van der Waals surface area contributed by atoms with Crippen LogP contribution in [0.4, 0.5) is 5.69 Å². The zero-order valence-electron chi connectivity index (χ0n) is 13.4. The van der Waals surface area contributed by atoms with Gasteiger partial charge in [0, 0.05) is 24.4 Å². The molecule has 0 bridgehead atoms. The first kappa shape index (κ1) is 17.0. The quantitative estimate of drug-likeness (QED) is 0.809. The molecule has 1 aliphatic rings. The average molecular weight is 323 g/mol. The predicted molar refractivity (Wildman–Crippen MR) is 89.9 cm³/mol. The van der Waals surface area contributed by atoms with Crippen LogP contribution in [0.1, 0.15) is 44.6 Å². The molecule has 0 spiro atoms. The van der Waals surface area contributed by atoms with E-state index in [1.807, 2.05) is 23.1 Å². The van der Waals surface area contributed by atoms with Crippen molar-refractivity contribution in [2.75, 3.05) is 16.9 Å². The van der Waals surface area contributed by atoms with E-state index in [4.69, 9.17) is 0 Å². The Morgan fingerprint density at radius 2 is 2.05 bits per heavy atom. The smallest absolute Gasteiger partial charge is 0.227 e. The van der Waals surface area contributed by atoms with E-state index in [2.05, 4.69) is 13.0 Å². The van der Waals surface area contributed by atoms with E-state index in [0.29, 0.717) is 12.8 Å². The molecule has 1 amide bonds.